The van der Waals surface area contributed by atoms with E-state index in [1.807, 2.05) is 22.4 Å². The van der Waals surface area contributed by atoms with Gasteiger partial charge in [0, 0.05) is 25.0 Å². The van der Waals surface area contributed by atoms with Crippen molar-refractivity contribution in [2.75, 3.05) is 26.2 Å². The van der Waals surface area contributed by atoms with E-state index >= 15 is 0 Å². The van der Waals surface area contributed by atoms with Crippen LogP contribution in [0.15, 0.2) is 17.5 Å². The lowest BCUT2D eigenvalue weighted by Crippen LogP contribution is -2.32. The maximum absolute atomic E-state index is 12.2. The molecule has 1 aromatic heterocycles. The molecule has 1 aromatic rings. The molecule has 1 N–H and O–H groups in total. The third-order valence-corrected chi connectivity index (χ3v) is 4.65. The molecular weight excluding hydrogens is 220 g/mol. The molecule has 3 nitrogen and oxygen atoms in total. The zero-order chi connectivity index (χ0) is 11.0. The molecule has 2 saturated heterocycles. The van der Waals surface area contributed by atoms with Crippen LogP contribution in [0, 0.1) is 5.41 Å². The van der Waals surface area contributed by atoms with Crippen molar-refractivity contribution < 1.29 is 4.79 Å². The van der Waals surface area contributed by atoms with Gasteiger partial charge in [-0.25, -0.2) is 0 Å². The van der Waals surface area contributed by atoms with Gasteiger partial charge in [0.05, 0.1) is 4.88 Å². The Hall–Kier alpha value is -0.870. The molecule has 0 unspecified atom stereocenters. The summed E-state index contributed by atoms with van der Waals surface area (Å²) in [6, 6.07) is 3.87. The maximum atomic E-state index is 12.2. The summed E-state index contributed by atoms with van der Waals surface area (Å²) in [5.41, 5.74) is 0.382. The molecule has 86 valence electrons. The van der Waals surface area contributed by atoms with Gasteiger partial charge in [-0.15, -0.1) is 11.3 Å². The Labute approximate surface area is 99.5 Å². The Morgan fingerprint density at radius 1 is 1.50 bits per heavy atom. The van der Waals surface area contributed by atoms with E-state index in [9.17, 15) is 4.79 Å². The normalized spacial score (nSPS) is 29.1. The zero-order valence-corrected chi connectivity index (χ0v) is 10.1. The quantitative estimate of drug-likeness (QED) is 0.803. The molecule has 1 amide bonds. The number of nitrogens with zero attached hydrogens (tertiary/aromatic N) is 1. The predicted octanol–water partition coefficient (Wildman–Crippen LogP) is 1.57. The Bertz CT molecular complexity index is 382. The van der Waals surface area contributed by atoms with Gasteiger partial charge in [-0.05, 0) is 30.8 Å². The fourth-order valence-corrected chi connectivity index (χ4v) is 3.50. The lowest BCUT2D eigenvalue weighted by molar-refractivity contribution is 0.0780. The summed E-state index contributed by atoms with van der Waals surface area (Å²) in [7, 11) is 0. The summed E-state index contributed by atoms with van der Waals surface area (Å²) >= 11 is 1.54. The standard InChI is InChI=1S/C12H16N2OS/c15-11(10-2-1-7-16-10)14-6-4-12(9-14)3-5-13-8-12/h1-2,7,13H,3-6,8-9H2/t12-/m0/s1. The van der Waals surface area contributed by atoms with Crippen molar-refractivity contribution in [2.45, 2.75) is 12.8 Å². The van der Waals surface area contributed by atoms with Crippen molar-refractivity contribution in [3.8, 4) is 0 Å². The smallest absolute Gasteiger partial charge is 0.263 e. The Morgan fingerprint density at radius 2 is 2.44 bits per heavy atom. The van der Waals surface area contributed by atoms with Gasteiger partial charge in [-0.1, -0.05) is 6.07 Å². The van der Waals surface area contributed by atoms with Gasteiger partial charge in [0.25, 0.3) is 5.91 Å². The van der Waals surface area contributed by atoms with Crippen LogP contribution in [0.1, 0.15) is 22.5 Å². The highest BCUT2D eigenvalue weighted by molar-refractivity contribution is 7.12. The van der Waals surface area contributed by atoms with E-state index in [0.717, 1.165) is 37.5 Å². The molecule has 0 bridgehead atoms. The molecule has 4 heteroatoms. The third kappa shape index (κ3) is 1.66. The fraction of sp³-hybridized carbons (Fsp3) is 0.583. The first-order chi connectivity index (χ1) is 7.79. The van der Waals surface area contributed by atoms with Crippen molar-refractivity contribution in [1.29, 1.82) is 0 Å². The van der Waals surface area contributed by atoms with E-state index in [4.69, 9.17) is 0 Å². The van der Waals surface area contributed by atoms with Crippen LogP contribution in [-0.4, -0.2) is 37.0 Å². The number of likely N-dealkylation sites (tertiary alicyclic amines) is 1. The van der Waals surface area contributed by atoms with Crippen molar-refractivity contribution in [3.63, 3.8) is 0 Å². The average Bonchev–Trinajstić information content (AvgIpc) is 3.01. The number of amides is 1. The minimum atomic E-state index is 0.221. The number of nitrogens with one attached hydrogen (secondary N) is 1. The Kier molecular flexibility index (Phi) is 2.48. The molecule has 1 atom stereocenters. The van der Waals surface area contributed by atoms with Gasteiger partial charge in [-0.3, -0.25) is 4.79 Å². The lowest BCUT2D eigenvalue weighted by Gasteiger charge is -2.22. The summed E-state index contributed by atoms with van der Waals surface area (Å²) in [6.45, 7) is 4.07. The van der Waals surface area contributed by atoms with Gasteiger partial charge in [0.2, 0.25) is 0 Å². The molecule has 0 radical (unpaired) electrons. The van der Waals surface area contributed by atoms with Gasteiger partial charge in [0.1, 0.15) is 0 Å². The number of rotatable bonds is 1. The van der Waals surface area contributed by atoms with E-state index in [-0.39, 0.29) is 5.91 Å². The largest absolute Gasteiger partial charge is 0.337 e. The van der Waals surface area contributed by atoms with Crippen LogP contribution < -0.4 is 5.32 Å². The molecule has 2 aliphatic rings. The van der Waals surface area contributed by atoms with Crippen molar-refractivity contribution in [2.24, 2.45) is 5.41 Å². The molecule has 3 rings (SSSR count). The van der Waals surface area contributed by atoms with Crippen LogP contribution in [0.5, 0.6) is 0 Å². The van der Waals surface area contributed by atoms with Crippen LogP contribution in [0.4, 0.5) is 0 Å². The number of hydrogen-bond donors (Lipinski definition) is 1. The van der Waals surface area contributed by atoms with E-state index in [1.165, 1.54) is 6.42 Å². The molecule has 0 saturated carbocycles. The second kappa shape index (κ2) is 3.86. The van der Waals surface area contributed by atoms with Gasteiger partial charge >= 0.3 is 0 Å². The molecule has 16 heavy (non-hydrogen) atoms. The lowest BCUT2D eigenvalue weighted by atomic mass is 9.87. The zero-order valence-electron chi connectivity index (χ0n) is 9.24. The van der Waals surface area contributed by atoms with Crippen molar-refractivity contribution in [1.82, 2.24) is 10.2 Å². The minimum Gasteiger partial charge on any atom is -0.337 e. The first-order valence-electron chi connectivity index (χ1n) is 5.83. The van der Waals surface area contributed by atoms with E-state index < -0.39 is 0 Å². The first kappa shape index (κ1) is 10.3. The van der Waals surface area contributed by atoms with E-state index in [0.29, 0.717) is 5.41 Å². The van der Waals surface area contributed by atoms with Crippen molar-refractivity contribution in [3.05, 3.63) is 22.4 Å². The summed E-state index contributed by atoms with van der Waals surface area (Å²) in [6.07, 6.45) is 2.39. The summed E-state index contributed by atoms with van der Waals surface area (Å²) in [4.78, 5) is 15.1. The fourth-order valence-electron chi connectivity index (χ4n) is 2.81. The van der Waals surface area contributed by atoms with Crippen LogP contribution in [-0.2, 0) is 0 Å². The second-order valence-electron chi connectivity index (χ2n) is 4.88. The topological polar surface area (TPSA) is 32.3 Å². The van der Waals surface area contributed by atoms with Crippen LogP contribution in [0.25, 0.3) is 0 Å². The molecular formula is C12H16N2OS. The molecule has 0 aromatic carbocycles. The summed E-state index contributed by atoms with van der Waals surface area (Å²) < 4.78 is 0. The average molecular weight is 236 g/mol. The molecule has 2 fully saturated rings. The number of hydrogen-bond acceptors (Lipinski definition) is 3. The maximum Gasteiger partial charge on any atom is 0.263 e. The molecule has 0 aliphatic carbocycles. The van der Waals surface area contributed by atoms with Gasteiger partial charge < -0.3 is 10.2 Å². The number of carbonyl (C=O) groups excluding carboxylic acids is 1. The third-order valence-electron chi connectivity index (χ3n) is 3.79. The first-order valence-corrected chi connectivity index (χ1v) is 6.71. The van der Waals surface area contributed by atoms with Gasteiger partial charge in [0.15, 0.2) is 0 Å². The van der Waals surface area contributed by atoms with Gasteiger partial charge in [-0.2, -0.15) is 0 Å². The second-order valence-corrected chi connectivity index (χ2v) is 5.83. The summed E-state index contributed by atoms with van der Waals surface area (Å²) in [5.74, 6) is 0.221. The number of thiophene rings is 1. The Morgan fingerprint density at radius 3 is 3.12 bits per heavy atom. The highest BCUT2D eigenvalue weighted by atomic mass is 32.1. The minimum absolute atomic E-state index is 0.221. The SMILES string of the molecule is O=C(c1cccs1)N1CC[C@]2(CCNC2)C1. The van der Waals surface area contributed by atoms with E-state index in [2.05, 4.69) is 5.32 Å². The monoisotopic (exact) mass is 236 g/mol. The molecule has 1 spiro atoms. The molecule has 2 aliphatic heterocycles. The van der Waals surface area contributed by atoms with Crippen molar-refractivity contribution >= 4 is 17.2 Å². The highest BCUT2D eigenvalue weighted by Crippen LogP contribution is 2.36. The van der Waals surface area contributed by atoms with Crippen LogP contribution in [0.2, 0.25) is 0 Å². The van der Waals surface area contributed by atoms with Crippen LogP contribution >= 0.6 is 11.3 Å². The predicted molar refractivity (Wildman–Crippen MR) is 64.8 cm³/mol. The van der Waals surface area contributed by atoms with E-state index in [1.54, 1.807) is 11.3 Å². The highest BCUT2D eigenvalue weighted by Gasteiger charge is 2.41. The summed E-state index contributed by atoms with van der Waals surface area (Å²) in [5, 5.41) is 5.38. The molecule has 3 heterocycles. The van der Waals surface area contributed by atoms with Crippen LogP contribution in [0.3, 0.4) is 0 Å². The Balaban J connectivity index is 1.72. The number of carbonyl (C=O) groups is 1.